The second-order valence-electron chi connectivity index (χ2n) is 4.26. The van der Waals surface area contributed by atoms with Gasteiger partial charge >= 0.3 is 0 Å². The van der Waals surface area contributed by atoms with Crippen molar-refractivity contribution in [1.29, 1.82) is 0 Å². The zero-order valence-corrected chi connectivity index (χ0v) is 13.3. The van der Waals surface area contributed by atoms with Crippen molar-refractivity contribution in [1.82, 2.24) is 9.97 Å². The number of nitrogens with two attached hydrogens (primary N) is 1. The zero-order chi connectivity index (χ0) is 15.7. The Balaban J connectivity index is 1.75. The van der Waals surface area contributed by atoms with Crippen LogP contribution in [0.15, 0.2) is 38.9 Å². The average Bonchev–Trinajstić information content (AvgIpc) is 3.16. The molecule has 3 rings (SSSR count). The van der Waals surface area contributed by atoms with Crippen molar-refractivity contribution in [3.63, 3.8) is 0 Å². The molecule has 112 valence electrons. The van der Waals surface area contributed by atoms with Gasteiger partial charge in [0.25, 0.3) is 11.8 Å². The Hall–Kier alpha value is -2.39. The summed E-state index contributed by atoms with van der Waals surface area (Å²) in [5.74, 6) is -0.752. The highest BCUT2D eigenvalue weighted by atomic mass is 79.9. The van der Waals surface area contributed by atoms with E-state index in [4.69, 9.17) is 10.2 Å². The first kappa shape index (κ1) is 14.5. The molecule has 22 heavy (non-hydrogen) atoms. The topological polar surface area (TPSA) is 114 Å². The molecule has 0 spiro atoms. The number of furan rings is 1. The summed E-state index contributed by atoms with van der Waals surface area (Å²) in [6, 6.07) is 4.79. The van der Waals surface area contributed by atoms with Crippen LogP contribution in [0.5, 0.6) is 0 Å². The fraction of sp³-hybridized carbons (Fsp3) is 0. The van der Waals surface area contributed by atoms with Gasteiger partial charge in [-0.05, 0) is 34.1 Å². The number of carbonyl (C=O) groups excluding carboxylic acids is 2. The summed E-state index contributed by atoms with van der Waals surface area (Å²) in [6.07, 6.45) is 1.63. The predicted octanol–water partition coefficient (Wildman–Crippen LogP) is 2.84. The highest BCUT2D eigenvalue weighted by Gasteiger charge is 2.14. The van der Waals surface area contributed by atoms with E-state index in [-0.39, 0.29) is 5.76 Å². The molecule has 7 nitrogen and oxygen atoms in total. The SMILES string of the molecule is NC(=O)c1cc(-c2csc(NC(=O)c3ccc(Br)o3)n2)c[nH]1. The summed E-state index contributed by atoms with van der Waals surface area (Å²) in [7, 11) is 0. The second-order valence-corrected chi connectivity index (χ2v) is 5.90. The number of anilines is 1. The summed E-state index contributed by atoms with van der Waals surface area (Å²) in [6.45, 7) is 0. The molecule has 0 aromatic carbocycles. The van der Waals surface area contributed by atoms with Gasteiger partial charge < -0.3 is 15.1 Å². The molecule has 0 aliphatic heterocycles. The molecular formula is C13H9BrN4O3S. The van der Waals surface area contributed by atoms with E-state index >= 15 is 0 Å². The number of carbonyl (C=O) groups is 2. The summed E-state index contributed by atoms with van der Waals surface area (Å²) in [5, 5.41) is 4.83. The number of aromatic amines is 1. The van der Waals surface area contributed by atoms with Gasteiger partial charge in [0.15, 0.2) is 15.6 Å². The molecule has 0 radical (unpaired) electrons. The summed E-state index contributed by atoms with van der Waals surface area (Å²) < 4.78 is 5.64. The van der Waals surface area contributed by atoms with Gasteiger partial charge in [-0.25, -0.2) is 4.98 Å². The Kier molecular flexibility index (Phi) is 3.82. The molecule has 0 aliphatic carbocycles. The minimum Gasteiger partial charge on any atom is -0.444 e. The first-order valence-corrected chi connectivity index (χ1v) is 7.71. The van der Waals surface area contributed by atoms with Crippen molar-refractivity contribution in [3.05, 3.63) is 45.9 Å². The summed E-state index contributed by atoms with van der Waals surface area (Å²) >= 11 is 4.40. The highest BCUT2D eigenvalue weighted by molar-refractivity contribution is 9.10. The number of aromatic nitrogens is 2. The standard InChI is InChI=1S/C13H9BrN4O3S/c14-10-2-1-9(21-10)12(20)18-13-17-8(5-22-13)6-3-7(11(15)19)16-4-6/h1-5,16H,(H2,15,19)(H,17,18,20). The van der Waals surface area contributed by atoms with Crippen molar-refractivity contribution in [3.8, 4) is 11.3 Å². The first-order chi connectivity index (χ1) is 10.5. The number of thiazole rings is 1. The molecule has 0 unspecified atom stereocenters. The lowest BCUT2D eigenvalue weighted by Gasteiger charge is -1.97. The van der Waals surface area contributed by atoms with Crippen LogP contribution in [-0.4, -0.2) is 21.8 Å². The van der Waals surface area contributed by atoms with Crippen molar-refractivity contribution < 1.29 is 14.0 Å². The number of rotatable bonds is 4. The van der Waals surface area contributed by atoms with Gasteiger partial charge in [0.1, 0.15) is 5.69 Å². The lowest BCUT2D eigenvalue weighted by molar-refractivity contribution is 0.0988. The summed E-state index contributed by atoms with van der Waals surface area (Å²) in [4.78, 5) is 30.0. The van der Waals surface area contributed by atoms with E-state index in [1.54, 1.807) is 29.8 Å². The number of hydrogen-bond acceptors (Lipinski definition) is 5. The number of nitrogens with zero attached hydrogens (tertiary/aromatic N) is 1. The van der Waals surface area contributed by atoms with E-state index in [0.717, 1.165) is 0 Å². The number of primary amides is 1. The maximum absolute atomic E-state index is 11.9. The van der Waals surface area contributed by atoms with Crippen LogP contribution in [0.25, 0.3) is 11.3 Å². The number of H-pyrrole nitrogens is 1. The molecule has 2 amide bonds. The van der Waals surface area contributed by atoms with Crippen LogP contribution in [0.2, 0.25) is 0 Å². The Bertz CT molecular complexity index is 851. The van der Waals surface area contributed by atoms with E-state index in [1.165, 1.54) is 11.3 Å². The largest absolute Gasteiger partial charge is 0.444 e. The van der Waals surface area contributed by atoms with E-state index in [0.29, 0.717) is 26.8 Å². The lowest BCUT2D eigenvalue weighted by atomic mass is 10.2. The Labute approximate surface area is 136 Å². The molecule has 3 aromatic rings. The van der Waals surface area contributed by atoms with Gasteiger partial charge in [0, 0.05) is 17.1 Å². The van der Waals surface area contributed by atoms with Gasteiger partial charge in [-0.2, -0.15) is 0 Å². The molecule has 9 heteroatoms. The van der Waals surface area contributed by atoms with Crippen LogP contribution in [0.4, 0.5) is 5.13 Å². The molecule has 0 saturated carbocycles. The van der Waals surface area contributed by atoms with Crippen molar-refractivity contribution in [2.24, 2.45) is 5.73 Å². The predicted molar refractivity (Wildman–Crippen MR) is 84.8 cm³/mol. The van der Waals surface area contributed by atoms with Gasteiger partial charge in [0.05, 0.1) is 5.69 Å². The first-order valence-electron chi connectivity index (χ1n) is 6.04. The minimum atomic E-state index is -0.543. The average molecular weight is 381 g/mol. The van der Waals surface area contributed by atoms with Crippen LogP contribution >= 0.6 is 27.3 Å². The van der Waals surface area contributed by atoms with Crippen LogP contribution < -0.4 is 11.1 Å². The van der Waals surface area contributed by atoms with Crippen molar-refractivity contribution in [2.45, 2.75) is 0 Å². The fourth-order valence-corrected chi connectivity index (χ4v) is 2.76. The van der Waals surface area contributed by atoms with E-state index in [2.05, 4.69) is 31.2 Å². The molecular weight excluding hydrogens is 372 g/mol. The smallest absolute Gasteiger partial charge is 0.293 e. The molecule has 0 aliphatic rings. The quantitative estimate of drug-likeness (QED) is 0.645. The monoisotopic (exact) mass is 380 g/mol. The van der Waals surface area contributed by atoms with Crippen LogP contribution in [0.1, 0.15) is 21.0 Å². The fourth-order valence-electron chi connectivity index (χ4n) is 1.74. The molecule has 4 N–H and O–H groups in total. The van der Waals surface area contributed by atoms with Gasteiger partial charge in [-0.1, -0.05) is 0 Å². The van der Waals surface area contributed by atoms with Crippen LogP contribution in [0, 0.1) is 0 Å². The molecule has 0 atom stereocenters. The van der Waals surface area contributed by atoms with Gasteiger partial charge in [0.2, 0.25) is 0 Å². The molecule has 0 fully saturated rings. The maximum atomic E-state index is 11.9. The number of nitrogens with one attached hydrogen (secondary N) is 2. The van der Waals surface area contributed by atoms with Crippen molar-refractivity contribution >= 4 is 44.2 Å². The molecule has 3 heterocycles. The number of amides is 2. The molecule has 0 saturated heterocycles. The van der Waals surface area contributed by atoms with E-state index in [9.17, 15) is 9.59 Å². The zero-order valence-electron chi connectivity index (χ0n) is 10.9. The normalized spacial score (nSPS) is 10.6. The summed E-state index contributed by atoms with van der Waals surface area (Å²) in [5.41, 5.74) is 6.83. The van der Waals surface area contributed by atoms with Crippen LogP contribution in [0.3, 0.4) is 0 Å². The third-order valence-electron chi connectivity index (χ3n) is 2.77. The third-order valence-corrected chi connectivity index (χ3v) is 3.95. The Morgan fingerprint density at radius 1 is 1.41 bits per heavy atom. The van der Waals surface area contributed by atoms with Crippen LogP contribution in [-0.2, 0) is 0 Å². The van der Waals surface area contributed by atoms with E-state index < -0.39 is 11.8 Å². The lowest BCUT2D eigenvalue weighted by Crippen LogP contribution is -2.10. The third kappa shape index (κ3) is 2.95. The van der Waals surface area contributed by atoms with E-state index in [1.807, 2.05) is 0 Å². The second kappa shape index (κ2) is 5.78. The maximum Gasteiger partial charge on any atom is 0.293 e. The Morgan fingerprint density at radius 3 is 2.86 bits per heavy atom. The van der Waals surface area contributed by atoms with Gasteiger partial charge in [-0.3, -0.25) is 14.9 Å². The minimum absolute atomic E-state index is 0.182. The van der Waals surface area contributed by atoms with Gasteiger partial charge in [-0.15, -0.1) is 11.3 Å². The Morgan fingerprint density at radius 2 is 2.23 bits per heavy atom. The highest BCUT2D eigenvalue weighted by Crippen LogP contribution is 2.26. The molecule has 0 bridgehead atoms. The number of halogens is 1. The number of hydrogen-bond donors (Lipinski definition) is 3. The van der Waals surface area contributed by atoms with Crippen molar-refractivity contribution in [2.75, 3.05) is 5.32 Å². The molecule has 3 aromatic heterocycles.